The van der Waals surface area contributed by atoms with Crippen molar-refractivity contribution in [3.63, 3.8) is 0 Å². The van der Waals surface area contributed by atoms with Crippen molar-refractivity contribution in [2.75, 3.05) is 7.05 Å². The van der Waals surface area contributed by atoms with Crippen LogP contribution >= 0.6 is 12.2 Å². The summed E-state index contributed by atoms with van der Waals surface area (Å²) in [5.74, 6) is 0. The molecule has 0 aliphatic rings. The van der Waals surface area contributed by atoms with Gasteiger partial charge in [0, 0.05) is 7.05 Å². The van der Waals surface area contributed by atoms with Gasteiger partial charge in [-0.25, -0.2) is 0 Å². The fourth-order valence-corrected chi connectivity index (χ4v) is 1.56. The molecule has 15 heavy (non-hydrogen) atoms. The predicted molar refractivity (Wildman–Crippen MR) is 69.1 cm³/mol. The molecule has 0 saturated carbocycles. The van der Waals surface area contributed by atoms with Crippen molar-refractivity contribution < 1.29 is 0 Å². The minimum Gasteiger partial charge on any atom is -0.366 e. The van der Waals surface area contributed by atoms with E-state index in [0.717, 1.165) is 0 Å². The molecule has 0 aliphatic carbocycles. The molecule has 0 amide bonds. The predicted octanol–water partition coefficient (Wildman–Crippen LogP) is 2.46. The van der Waals surface area contributed by atoms with Crippen LogP contribution in [0.5, 0.6) is 0 Å². The Morgan fingerprint density at radius 3 is 2.47 bits per heavy atom. The van der Waals surface area contributed by atoms with Gasteiger partial charge in [-0.1, -0.05) is 18.2 Å². The molecule has 1 aromatic rings. The van der Waals surface area contributed by atoms with Gasteiger partial charge in [-0.3, -0.25) is 0 Å². The zero-order valence-corrected chi connectivity index (χ0v) is 10.5. The number of nitrogens with one attached hydrogen (secondary N) is 2. The minimum absolute atomic E-state index is 0.240. The highest BCUT2D eigenvalue weighted by atomic mass is 32.1. The standard InChI is InChI=1S/C12H18N2S/c1-8-5-6-11(7-9(8)2)10(3)14-12(15)13-4/h5-7,10H,1-4H3,(H2,13,14,15). The van der Waals surface area contributed by atoms with Gasteiger partial charge in [0.2, 0.25) is 0 Å². The van der Waals surface area contributed by atoms with Gasteiger partial charge in [0.05, 0.1) is 6.04 Å². The van der Waals surface area contributed by atoms with Crippen molar-refractivity contribution in [3.05, 3.63) is 34.9 Å². The normalized spacial score (nSPS) is 12.0. The van der Waals surface area contributed by atoms with Gasteiger partial charge in [-0.05, 0) is 49.7 Å². The summed E-state index contributed by atoms with van der Waals surface area (Å²) in [5.41, 5.74) is 3.90. The lowest BCUT2D eigenvalue weighted by Gasteiger charge is -2.17. The van der Waals surface area contributed by atoms with E-state index >= 15 is 0 Å². The Labute approximate surface area is 97.1 Å². The Bertz CT molecular complexity index is 361. The summed E-state index contributed by atoms with van der Waals surface area (Å²) < 4.78 is 0. The summed E-state index contributed by atoms with van der Waals surface area (Å²) in [6, 6.07) is 6.72. The number of hydrogen-bond donors (Lipinski definition) is 2. The number of benzene rings is 1. The molecule has 1 aromatic carbocycles. The molecule has 0 heterocycles. The largest absolute Gasteiger partial charge is 0.366 e. The summed E-state index contributed by atoms with van der Waals surface area (Å²) in [7, 11) is 1.82. The highest BCUT2D eigenvalue weighted by Gasteiger charge is 2.06. The number of aryl methyl sites for hydroxylation is 2. The van der Waals surface area contributed by atoms with Gasteiger partial charge in [0.1, 0.15) is 0 Å². The number of rotatable bonds is 2. The molecule has 0 spiro atoms. The minimum atomic E-state index is 0.240. The maximum Gasteiger partial charge on any atom is 0.166 e. The highest BCUT2D eigenvalue weighted by molar-refractivity contribution is 7.80. The fourth-order valence-electron chi connectivity index (χ4n) is 1.39. The molecule has 0 aliphatic heterocycles. The fraction of sp³-hybridized carbons (Fsp3) is 0.417. The zero-order chi connectivity index (χ0) is 11.4. The summed E-state index contributed by atoms with van der Waals surface area (Å²) >= 11 is 5.07. The van der Waals surface area contributed by atoms with Gasteiger partial charge in [0.15, 0.2) is 5.11 Å². The lowest BCUT2D eigenvalue weighted by Crippen LogP contribution is -2.34. The Hall–Kier alpha value is -1.09. The van der Waals surface area contributed by atoms with Crippen molar-refractivity contribution in [2.24, 2.45) is 0 Å². The third-order valence-electron chi connectivity index (χ3n) is 2.61. The van der Waals surface area contributed by atoms with Crippen LogP contribution < -0.4 is 10.6 Å². The van der Waals surface area contributed by atoms with Crippen molar-refractivity contribution in [1.82, 2.24) is 10.6 Å². The lowest BCUT2D eigenvalue weighted by molar-refractivity contribution is 0.708. The van der Waals surface area contributed by atoms with Gasteiger partial charge in [0.25, 0.3) is 0 Å². The topological polar surface area (TPSA) is 24.1 Å². The first-order valence-electron chi connectivity index (χ1n) is 5.10. The van der Waals surface area contributed by atoms with Gasteiger partial charge in [-0.15, -0.1) is 0 Å². The van der Waals surface area contributed by atoms with Crippen LogP contribution in [0.2, 0.25) is 0 Å². The second-order valence-corrected chi connectivity index (χ2v) is 4.20. The molecule has 1 rings (SSSR count). The zero-order valence-electron chi connectivity index (χ0n) is 9.72. The molecule has 82 valence electrons. The third-order valence-corrected chi connectivity index (χ3v) is 2.93. The van der Waals surface area contributed by atoms with Crippen LogP contribution in [0.4, 0.5) is 0 Å². The van der Waals surface area contributed by atoms with E-state index in [0.29, 0.717) is 5.11 Å². The van der Waals surface area contributed by atoms with E-state index in [1.165, 1.54) is 16.7 Å². The smallest absolute Gasteiger partial charge is 0.166 e. The summed E-state index contributed by atoms with van der Waals surface area (Å²) in [4.78, 5) is 0. The van der Waals surface area contributed by atoms with Crippen LogP contribution in [0.15, 0.2) is 18.2 Å². The van der Waals surface area contributed by atoms with Crippen LogP contribution in [0, 0.1) is 13.8 Å². The van der Waals surface area contributed by atoms with E-state index in [2.05, 4.69) is 49.6 Å². The van der Waals surface area contributed by atoms with E-state index in [1.807, 2.05) is 7.05 Å². The van der Waals surface area contributed by atoms with Crippen LogP contribution in [-0.2, 0) is 0 Å². The molecule has 1 atom stereocenters. The molecule has 3 heteroatoms. The molecular formula is C12H18N2S. The average molecular weight is 222 g/mol. The molecule has 0 fully saturated rings. The van der Waals surface area contributed by atoms with Gasteiger partial charge < -0.3 is 10.6 Å². The van der Waals surface area contributed by atoms with Crippen LogP contribution in [0.1, 0.15) is 29.7 Å². The van der Waals surface area contributed by atoms with E-state index in [-0.39, 0.29) is 6.04 Å². The maximum atomic E-state index is 5.07. The first kappa shape index (κ1) is 12.0. The average Bonchev–Trinajstić information content (AvgIpc) is 2.21. The quantitative estimate of drug-likeness (QED) is 0.752. The summed E-state index contributed by atoms with van der Waals surface area (Å²) in [5, 5.41) is 6.81. The highest BCUT2D eigenvalue weighted by Crippen LogP contribution is 2.16. The Morgan fingerprint density at radius 2 is 1.93 bits per heavy atom. The molecular weight excluding hydrogens is 204 g/mol. The van der Waals surface area contributed by atoms with Crippen LogP contribution in [0.25, 0.3) is 0 Å². The first-order chi connectivity index (χ1) is 7.04. The molecule has 0 radical (unpaired) electrons. The summed E-state index contributed by atoms with van der Waals surface area (Å²) in [6.07, 6.45) is 0. The Kier molecular flexibility index (Phi) is 4.09. The second kappa shape index (κ2) is 5.12. The van der Waals surface area contributed by atoms with E-state index in [1.54, 1.807) is 0 Å². The van der Waals surface area contributed by atoms with Crippen molar-refractivity contribution in [3.8, 4) is 0 Å². The van der Waals surface area contributed by atoms with Crippen LogP contribution in [-0.4, -0.2) is 12.2 Å². The maximum absolute atomic E-state index is 5.07. The SMILES string of the molecule is CNC(=S)NC(C)c1ccc(C)c(C)c1. The van der Waals surface area contributed by atoms with Gasteiger partial charge >= 0.3 is 0 Å². The van der Waals surface area contributed by atoms with Gasteiger partial charge in [-0.2, -0.15) is 0 Å². The molecule has 2 N–H and O–H groups in total. The van der Waals surface area contributed by atoms with E-state index in [9.17, 15) is 0 Å². The van der Waals surface area contributed by atoms with Crippen LogP contribution in [0.3, 0.4) is 0 Å². The third kappa shape index (κ3) is 3.20. The Morgan fingerprint density at radius 1 is 1.27 bits per heavy atom. The molecule has 0 bridgehead atoms. The summed E-state index contributed by atoms with van der Waals surface area (Å²) in [6.45, 7) is 6.35. The molecule has 0 saturated heterocycles. The number of hydrogen-bond acceptors (Lipinski definition) is 1. The molecule has 0 aromatic heterocycles. The monoisotopic (exact) mass is 222 g/mol. The molecule has 1 unspecified atom stereocenters. The van der Waals surface area contributed by atoms with E-state index < -0.39 is 0 Å². The second-order valence-electron chi connectivity index (χ2n) is 3.79. The molecule has 2 nitrogen and oxygen atoms in total. The van der Waals surface area contributed by atoms with Crippen molar-refractivity contribution >= 4 is 17.3 Å². The first-order valence-corrected chi connectivity index (χ1v) is 5.51. The number of thiocarbonyl (C=S) groups is 1. The lowest BCUT2D eigenvalue weighted by atomic mass is 10.0. The van der Waals surface area contributed by atoms with Crippen molar-refractivity contribution in [2.45, 2.75) is 26.8 Å². The van der Waals surface area contributed by atoms with E-state index in [4.69, 9.17) is 12.2 Å². The Balaban J connectivity index is 2.78. The van der Waals surface area contributed by atoms with Crippen molar-refractivity contribution in [1.29, 1.82) is 0 Å².